The topological polar surface area (TPSA) is 22.1 Å². The molecule has 0 spiro atoms. The summed E-state index contributed by atoms with van der Waals surface area (Å²) in [5.41, 5.74) is 3.20. The summed E-state index contributed by atoms with van der Waals surface area (Å²) in [6.45, 7) is 4.01. The third-order valence-corrected chi connectivity index (χ3v) is 2.79. The molecule has 2 aromatic rings. The number of pyridine rings is 1. The number of hydrogen-bond donors (Lipinski definition) is 0. The van der Waals surface area contributed by atoms with E-state index >= 15 is 0 Å². The molecule has 0 aliphatic carbocycles. The van der Waals surface area contributed by atoms with Crippen molar-refractivity contribution in [3.05, 3.63) is 53.2 Å². The van der Waals surface area contributed by atoms with Gasteiger partial charge in [-0.25, -0.2) is 4.98 Å². The van der Waals surface area contributed by atoms with Crippen molar-refractivity contribution in [2.45, 2.75) is 19.7 Å². The van der Waals surface area contributed by atoms with Crippen LogP contribution in [0.2, 0.25) is 0 Å². The highest BCUT2D eigenvalue weighted by Gasteiger charge is 2.04. The second kappa shape index (κ2) is 5.19. The molecule has 0 fully saturated rings. The third-order valence-electron chi connectivity index (χ3n) is 2.48. The summed E-state index contributed by atoms with van der Waals surface area (Å²) < 4.78 is 5.71. The smallest absolute Gasteiger partial charge is 0.222 e. The van der Waals surface area contributed by atoms with Gasteiger partial charge in [0, 0.05) is 17.6 Å². The third kappa shape index (κ3) is 2.98. The van der Waals surface area contributed by atoms with E-state index in [2.05, 4.69) is 4.98 Å². The Labute approximate surface area is 106 Å². The Hall–Kier alpha value is -1.54. The van der Waals surface area contributed by atoms with Gasteiger partial charge in [0.1, 0.15) is 5.75 Å². The first kappa shape index (κ1) is 11.9. The van der Waals surface area contributed by atoms with Crippen LogP contribution < -0.4 is 4.74 Å². The summed E-state index contributed by atoms with van der Waals surface area (Å²) >= 11 is 5.75. The molecule has 17 heavy (non-hydrogen) atoms. The molecular formula is C14H14ClNO. The molecule has 1 aromatic carbocycles. The first-order chi connectivity index (χ1) is 8.19. The minimum atomic E-state index is 0.471. The van der Waals surface area contributed by atoms with Gasteiger partial charge in [0.25, 0.3) is 0 Å². The van der Waals surface area contributed by atoms with Crippen LogP contribution in [0.3, 0.4) is 0 Å². The van der Waals surface area contributed by atoms with Crippen molar-refractivity contribution >= 4 is 11.6 Å². The van der Waals surface area contributed by atoms with Gasteiger partial charge in [-0.05, 0) is 37.6 Å². The Balaban J connectivity index is 2.21. The van der Waals surface area contributed by atoms with Crippen molar-refractivity contribution in [2.24, 2.45) is 0 Å². The molecule has 0 unspecified atom stereocenters. The van der Waals surface area contributed by atoms with Crippen LogP contribution in [0.25, 0.3) is 0 Å². The van der Waals surface area contributed by atoms with Crippen molar-refractivity contribution in [3.8, 4) is 11.6 Å². The molecule has 1 heterocycles. The molecule has 3 heteroatoms. The Kier molecular flexibility index (Phi) is 3.64. The van der Waals surface area contributed by atoms with Crippen LogP contribution >= 0.6 is 11.6 Å². The summed E-state index contributed by atoms with van der Waals surface area (Å²) in [4.78, 5) is 4.26. The van der Waals surface area contributed by atoms with Gasteiger partial charge in [-0.1, -0.05) is 17.7 Å². The van der Waals surface area contributed by atoms with Crippen LogP contribution in [0, 0.1) is 13.8 Å². The first-order valence-electron chi connectivity index (χ1n) is 5.45. The number of hydrogen-bond acceptors (Lipinski definition) is 2. The maximum Gasteiger partial charge on any atom is 0.222 e. The quantitative estimate of drug-likeness (QED) is 0.758. The van der Waals surface area contributed by atoms with Crippen molar-refractivity contribution in [3.63, 3.8) is 0 Å². The van der Waals surface area contributed by atoms with Crippen LogP contribution in [-0.2, 0) is 5.88 Å². The van der Waals surface area contributed by atoms with Crippen molar-refractivity contribution in [2.75, 3.05) is 0 Å². The maximum absolute atomic E-state index is 5.75. The summed E-state index contributed by atoms with van der Waals surface area (Å²) in [5.74, 6) is 1.89. The highest BCUT2D eigenvalue weighted by molar-refractivity contribution is 6.17. The number of ether oxygens (including phenoxy) is 1. The number of rotatable bonds is 3. The van der Waals surface area contributed by atoms with E-state index < -0.39 is 0 Å². The van der Waals surface area contributed by atoms with Gasteiger partial charge in [-0.15, -0.1) is 11.6 Å². The summed E-state index contributed by atoms with van der Waals surface area (Å²) in [6, 6.07) is 9.89. The van der Waals surface area contributed by atoms with Crippen LogP contribution in [0.5, 0.6) is 11.6 Å². The van der Waals surface area contributed by atoms with Gasteiger partial charge in [-0.3, -0.25) is 0 Å². The predicted octanol–water partition coefficient (Wildman–Crippen LogP) is 4.23. The first-order valence-corrected chi connectivity index (χ1v) is 5.98. The summed E-state index contributed by atoms with van der Waals surface area (Å²) in [5, 5.41) is 0. The van der Waals surface area contributed by atoms with E-state index in [9.17, 15) is 0 Å². The standard InChI is InChI=1S/C14H14ClNO/c1-10-3-5-13(6-4-10)17-14-11(2)7-12(8-15)9-16-14/h3-7,9H,8H2,1-2H3. The van der Waals surface area contributed by atoms with E-state index in [4.69, 9.17) is 16.3 Å². The monoisotopic (exact) mass is 247 g/mol. The maximum atomic E-state index is 5.75. The zero-order valence-electron chi connectivity index (χ0n) is 9.90. The van der Waals surface area contributed by atoms with Crippen LogP contribution in [-0.4, -0.2) is 4.98 Å². The van der Waals surface area contributed by atoms with E-state index in [1.807, 2.05) is 44.2 Å². The summed E-state index contributed by atoms with van der Waals surface area (Å²) in [6.07, 6.45) is 1.74. The van der Waals surface area contributed by atoms with Gasteiger partial charge in [0.2, 0.25) is 5.88 Å². The molecule has 0 bridgehead atoms. The normalized spacial score (nSPS) is 10.3. The lowest BCUT2D eigenvalue weighted by molar-refractivity contribution is 0.458. The van der Waals surface area contributed by atoms with E-state index in [-0.39, 0.29) is 0 Å². The van der Waals surface area contributed by atoms with E-state index in [1.165, 1.54) is 5.56 Å². The SMILES string of the molecule is Cc1ccc(Oc2ncc(CCl)cc2C)cc1. The highest BCUT2D eigenvalue weighted by atomic mass is 35.5. The lowest BCUT2D eigenvalue weighted by Crippen LogP contribution is -1.93. The predicted molar refractivity (Wildman–Crippen MR) is 69.8 cm³/mol. The number of aryl methyl sites for hydroxylation is 2. The molecule has 0 N–H and O–H groups in total. The molecular weight excluding hydrogens is 234 g/mol. The molecule has 0 radical (unpaired) electrons. The fourth-order valence-corrected chi connectivity index (χ4v) is 1.66. The Bertz CT molecular complexity index is 508. The fourth-order valence-electron chi connectivity index (χ4n) is 1.52. The second-order valence-electron chi connectivity index (χ2n) is 4.01. The molecule has 2 nitrogen and oxygen atoms in total. The Morgan fingerprint density at radius 2 is 1.88 bits per heavy atom. The van der Waals surface area contributed by atoms with Gasteiger partial charge in [-0.2, -0.15) is 0 Å². The van der Waals surface area contributed by atoms with Gasteiger partial charge >= 0.3 is 0 Å². The number of nitrogens with zero attached hydrogens (tertiary/aromatic N) is 1. The van der Waals surface area contributed by atoms with Crippen molar-refractivity contribution in [1.82, 2.24) is 4.98 Å². The number of alkyl halides is 1. The molecule has 0 saturated carbocycles. The fraction of sp³-hybridized carbons (Fsp3) is 0.214. The van der Waals surface area contributed by atoms with Crippen molar-refractivity contribution < 1.29 is 4.74 Å². The van der Waals surface area contributed by atoms with Crippen molar-refractivity contribution in [1.29, 1.82) is 0 Å². The van der Waals surface area contributed by atoms with Gasteiger partial charge < -0.3 is 4.74 Å². The number of halogens is 1. The zero-order chi connectivity index (χ0) is 12.3. The van der Waals surface area contributed by atoms with Gasteiger partial charge in [0.15, 0.2) is 0 Å². The summed E-state index contributed by atoms with van der Waals surface area (Å²) in [7, 11) is 0. The van der Waals surface area contributed by atoms with Gasteiger partial charge in [0.05, 0.1) is 0 Å². The zero-order valence-corrected chi connectivity index (χ0v) is 10.7. The molecule has 88 valence electrons. The lowest BCUT2D eigenvalue weighted by Gasteiger charge is -2.08. The number of aromatic nitrogens is 1. The largest absolute Gasteiger partial charge is 0.439 e. The molecule has 2 rings (SSSR count). The minimum Gasteiger partial charge on any atom is -0.439 e. The molecule has 0 amide bonds. The second-order valence-corrected chi connectivity index (χ2v) is 4.28. The highest BCUT2D eigenvalue weighted by Crippen LogP contribution is 2.23. The molecule has 0 atom stereocenters. The van der Waals surface area contributed by atoms with E-state index in [0.717, 1.165) is 16.9 Å². The van der Waals surface area contributed by atoms with Crippen LogP contribution in [0.4, 0.5) is 0 Å². The van der Waals surface area contributed by atoms with Crippen LogP contribution in [0.1, 0.15) is 16.7 Å². The average Bonchev–Trinajstić information content (AvgIpc) is 2.34. The molecule has 0 aliphatic rings. The Morgan fingerprint density at radius 3 is 2.47 bits per heavy atom. The van der Waals surface area contributed by atoms with E-state index in [0.29, 0.717) is 11.8 Å². The van der Waals surface area contributed by atoms with E-state index in [1.54, 1.807) is 6.20 Å². The molecule has 1 aromatic heterocycles. The lowest BCUT2D eigenvalue weighted by atomic mass is 10.2. The Morgan fingerprint density at radius 1 is 1.18 bits per heavy atom. The minimum absolute atomic E-state index is 0.471. The number of benzene rings is 1. The average molecular weight is 248 g/mol. The molecule has 0 saturated heterocycles. The van der Waals surface area contributed by atoms with Crippen LogP contribution in [0.15, 0.2) is 36.5 Å². The molecule has 0 aliphatic heterocycles.